The van der Waals surface area contributed by atoms with Crippen LogP contribution in [0.2, 0.25) is 0 Å². The van der Waals surface area contributed by atoms with E-state index >= 15 is 0 Å². The van der Waals surface area contributed by atoms with E-state index in [1.54, 1.807) is 0 Å². The number of nitrogens with zero attached hydrogens (tertiary/aromatic N) is 1. The minimum Gasteiger partial charge on any atom is -0.373 e. The number of rotatable bonds is 1. The van der Waals surface area contributed by atoms with Crippen molar-refractivity contribution in [1.29, 1.82) is 0 Å². The molecule has 0 bridgehead atoms. The molecule has 0 unspecified atom stereocenters. The lowest BCUT2D eigenvalue weighted by atomic mass is 9.81. The second kappa shape index (κ2) is 5.43. The highest BCUT2D eigenvalue weighted by Crippen LogP contribution is 2.35. The van der Waals surface area contributed by atoms with Crippen LogP contribution < -0.4 is 0 Å². The summed E-state index contributed by atoms with van der Waals surface area (Å²) < 4.78 is 0. The van der Waals surface area contributed by atoms with Crippen LogP contribution in [0, 0.1) is 5.41 Å². The number of piperidine rings is 1. The summed E-state index contributed by atoms with van der Waals surface area (Å²) in [4.78, 5) is 2.42. The molecule has 14 heavy (non-hydrogen) atoms. The number of allylic oxidation sites excluding steroid dienone is 1. The molecule has 0 aromatic rings. The average Bonchev–Trinajstić information content (AvgIpc) is 2.05. The molecule has 0 atom stereocenters. The summed E-state index contributed by atoms with van der Waals surface area (Å²) in [7, 11) is 0. The third kappa shape index (κ3) is 3.73. The van der Waals surface area contributed by atoms with Crippen molar-refractivity contribution in [2.24, 2.45) is 5.41 Å². The lowest BCUT2D eigenvalue weighted by molar-refractivity contribution is 0.156. The first-order valence-corrected chi connectivity index (χ1v) is 5.87. The molecule has 84 valence electrons. The highest BCUT2D eigenvalue weighted by molar-refractivity contribution is 5.03. The molecule has 1 saturated heterocycles. The van der Waals surface area contributed by atoms with E-state index in [1.165, 1.54) is 18.7 Å². The van der Waals surface area contributed by atoms with Gasteiger partial charge in [-0.1, -0.05) is 34.3 Å². The standard InChI is InChI=1S/C11H21N.C2H6/c1-9(2)12-7-6-11(4,5)8-10(12)3;1-2/h9H,3,6-8H2,1-2,4-5H3;1-2H3. The molecule has 0 amide bonds. The number of hydrogen-bond acceptors (Lipinski definition) is 1. The molecule has 1 fully saturated rings. The largest absolute Gasteiger partial charge is 0.373 e. The van der Waals surface area contributed by atoms with Gasteiger partial charge in [0, 0.05) is 18.3 Å². The zero-order valence-electron chi connectivity index (χ0n) is 10.9. The van der Waals surface area contributed by atoms with E-state index in [9.17, 15) is 0 Å². The van der Waals surface area contributed by atoms with Gasteiger partial charge in [0.1, 0.15) is 0 Å². The van der Waals surface area contributed by atoms with Crippen molar-refractivity contribution >= 4 is 0 Å². The molecule has 0 aromatic carbocycles. The summed E-state index contributed by atoms with van der Waals surface area (Å²) in [6.45, 7) is 18.5. The van der Waals surface area contributed by atoms with Crippen molar-refractivity contribution in [2.45, 2.75) is 60.4 Å². The quantitative estimate of drug-likeness (QED) is 0.613. The molecular weight excluding hydrogens is 170 g/mol. The van der Waals surface area contributed by atoms with E-state index in [1.807, 2.05) is 13.8 Å². The SMILES string of the molecule is C=C1CC(C)(C)CCN1C(C)C.CC. The van der Waals surface area contributed by atoms with Crippen molar-refractivity contribution in [3.63, 3.8) is 0 Å². The molecule has 0 saturated carbocycles. The third-order valence-electron chi connectivity index (χ3n) is 2.74. The van der Waals surface area contributed by atoms with Crippen molar-refractivity contribution in [2.75, 3.05) is 6.54 Å². The van der Waals surface area contributed by atoms with Gasteiger partial charge in [0.2, 0.25) is 0 Å². The Hall–Kier alpha value is -0.460. The first kappa shape index (κ1) is 13.5. The summed E-state index contributed by atoms with van der Waals surface area (Å²) in [5.41, 5.74) is 1.80. The van der Waals surface area contributed by atoms with Crippen molar-refractivity contribution < 1.29 is 0 Å². The molecule has 0 aromatic heterocycles. The first-order valence-electron chi connectivity index (χ1n) is 5.87. The predicted molar refractivity (Wildman–Crippen MR) is 65.3 cm³/mol. The van der Waals surface area contributed by atoms with Gasteiger partial charge in [-0.25, -0.2) is 0 Å². The van der Waals surface area contributed by atoms with Crippen LogP contribution in [0.15, 0.2) is 12.3 Å². The molecule has 1 rings (SSSR count). The van der Waals surface area contributed by atoms with Gasteiger partial charge in [-0.05, 0) is 32.1 Å². The normalized spacial score (nSPS) is 20.5. The van der Waals surface area contributed by atoms with Crippen LogP contribution in [0.3, 0.4) is 0 Å². The fourth-order valence-corrected chi connectivity index (χ4v) is 1.95. The number of hydrogen-bond donors (Lipinski definition) is 0. The minimum absolute atomic E-state index is 0.475. The monoisotopic (exact) mass is 197 g/mol. The summed E-state index contributed by atoms with van der Waals surface area (Å²) in [6.07, 6.45) is 2.45. The van der Waals surface area contributed by atoms with Crippen LogP contribution in [-0.4, -0.2) is 17.5 Å². The number of likely N-dealkylation sites (tertiary alicyclic amines) is 1. The molecule has 0 aliphatic carbocycles. The van der Waals surface area contributed by atoms with Crippen LogP contribution >= 0.6 is 0 Å². The van der Waals surface area contributed by atoms with E-state index in [0.717, 1.165) is 6.42 Å². The van der Waals surface area contributed by atoms with Gasteiger partial charge in [0.05, 0.1) is 0 Å². The van der Waals surface area contributed by atoms with Crippen molar-refractivity contribution in [1.82, 2.24) is 4.90 Å². The van der Waals surface area contributed by atoms with E-state index in [-0.39, 0.29) is 0 Å². The molecule has 0 spiro atoms. The van der Waals surface area contributed by atoms with Crippen molar-refractivity contribution in [3.8, 4) is 0 Å². The maximum atomic E-state index is 4.14. The Morgan fingerprint density at radius 1 is 1.29 bits per heavy atom. The maximum absolute atomic E-state index is 4.14. The maximum Gasteiger partial charge on any atom is 0.0230 e. The Labute approximate surface area is 90.2 Å². The van der Waals surface area contributed by atoms with Crippen molar-refractivity contribution in [3.05, 3.63) is 12.3 Å². The van der Waals surface area contributed by atoms with E-state index in [0.29, 0.717) is 11.5 Å². The van der Waals surface area contributed by atoms with Gasteiger partial charge < -0.3 is 4.90 Å². The average molecular weight is 197 g/mol. The molecule has 1 heteroatoms. The fourth-order valence-electron chi connectivity index (χ4n) is 1.95. The fraction of sp³-hybridized carbons (Fsp3) is 0.846. The van der Waals surface area contributed by atoms with Crippen LogP contribution in [0.25, 0.3) is 0 Å². The van der Waals surface area contributed by atoms with Gasteiger partial charge in [-0.15, -0.1) is 0 Å². The van der Waals surface area contributed by atoms with Crippen LogP contribution in [0.5, 0.6) is 0 Å². The van der Waals surface area contributed by atoms with Gasteiger partial charge in [-0.2, -0.15) is 0 Å². The zero-order chi connectivity index (χ0) is 11.4. The van der Waals surface area contributed by atoms with Gasteiger partial charge in [0.25, 0.3) is 0 Å². The molecule has 1 heterocycles. The Bertz CT molecular complexity index is 180. The Balaban J connectivity index is 0.000000791. The van der Waals surface area contributed by atoms with Crippen LogP contribution in [0.1, 0.15) is 54.4 Å². The minimum atomic E-state index is 0.475. The molecule has 0 N–H and O–H groups in total. The highest BCUT2D eigenvalue weighted by Gasteiger charge is 2.28. The van der Waals surface area contributed by atoms with Gasteiger partial charge in [-0.3, -0.25) is 0 Å². The van der Waals surface area contributed by atoms with Gasteiger partial charge >= 0.3 is 0 Å². The Morgan fingerprint density at radius 3 is 2.14 bits per heavy atom. The summed E-state index contributed by atoms with van der Waals surface area (Å²) >= 11 is 0. The highest BCUT2D eigenvalue weighted by atomic mass is 15.2. The van der Waals surface area contributed by atoms with Gasteiger partial charge in [0.15, 0.2) is 0 Å². The van der Waals surface area contributed by atoms with E-state index in [4.69, 9.17) is 0 Å². The molecule has 1 aliphatic heterocycles. The molecule has 0 radical (unpaired) electrons. The lowest BCUT2D eigenvalue weighted by Crippen LogP contribution is -2.39. The third-order valence-corrected chi connectivity index (χ3v) is 2.74. The Morgan fingerprint density at radius 2 is 1.79 bits per heavy atom. The zero-order valence-corrected chi connectivity index (χ0v) is 10.9. The predicted octanol–water partition coefficient (Wildman–Crippen LogP) is 4.06. The summed E-state index contributed by atoms with van der Waals surface area (Å²) in [5.74, 6) is 0. The Kier molecular flexibility index (Phi) is 5.25. The first-order chi connectivity index (χ1) is 6.42. The van der Waals surface area contributed by atoms with E-state index in [2.05, 4.69) is 39.2 Å². The van der Waals surface area contributed by atoms with Crippen LogP contribution in [0.4, 0.5) is 0 Å². The topological polar surface area (TPSA) is 3.24 Å². The smallest absolute Gasteiger partial charge is 0.0230 e. The van der Waals surface area contributed by atoms with E-state index < -0.39 is 0 Å². The molecular formula is C13H27N. The molecule has 1 aliphatic rings. The molecule has 1 nitrogen and oxygen atoms in total. The summed E-state index contributed by atoms with van der Waals surface area (Å²) in [5, 5.41) is 0. The lowest BCUT2D eigenvalue weighted by Gasteiger charge is -2.42. The second-order valence-electron chi connectivity index (χ2n) is 4.94. The van der Waals surface area contributed by atoms with Crippen LogP contribution in [-0.2, 0) is 0 Å². The summed E-state index contributed by atoms with van der Waals surface area (Å²) in [6, 6.07) is 0.619. The second-order valence-corrected chi connectivity index (χ2v) is 4.94.